The van der Waals surface area contributed by atoms with Crippen LogP contribution in [0.4, 0.5) is 17.1 Å². The van der Waals surface area contributed by atoms with E-state index in [9.17, 15) is 14.4 Å². The minimum atomic E-state index is -0.557. The summed E-state index contributed by atoms with van der Waals surface area (Å²) in [5.41, 5.74) is 3.08. The third kappa shape index (κ3) is 7.90. The van der Waals surface area contributed by atoms with E-state index in [4.69, 9.17) is 14.2 Å². The lowest BCUT2D eigenvalue weighted by Crippen LogP contribution is -2.34. The summed E-state index contributed by atoms with van der Waals surface area (Å²) in [6.45, 7) is 1.88. The number of para-hydroxylation sites is 2. The fourth-order valence-electron chi connectivity index (χ4n) is 5.52. The zero-order valence-electron chi connectivity index (χ0n) is 28.3. The lowest BCUT2D eigenvalue weighted by molar-refractivity contribution is -0.117. The van der Waals surface area contributed by atoms with Gasteiger partial charge in [0.2, 0.25) is 11.7 Å². The molecular formula is C40H35N3O6S2. The maximum absolute atomic E-state index is 14.1. The first-order valence-corrected chi connectivity index (χ1v) is 17.6. The Balaban J connectivity index is 1.25. The lowest BCUT2D eigenvalue weighted by Gasteiger charge is -2.32. The molecule has 0 radical (unpaired) electrons. The van der Waals surface area contributed by atoms with Crippen LogP contribution in [0.1, 0.15) is 22.8 Å². The van der Waals surface area contributed by atoms with Gasteiger partial charge in [0.15, 0.2) is 11.5 Å². The van der Waals surface area contributed by atoms with E-state index in [1.54, 1.807) is 71.3 Å². The van der Waals surface area contributed by atoms with Crippen molar-refractivity contribution in [1.29, 1.82) is 0 Å². The third-order valence-electron chi connectivity index (χ3n) is 7.93. The number of rotatable bonds is 11. The van der Waals surface area contributed by atoms with Crippen LogP contribution in [0.15, 0.2) is 136 Å². The number of thioether (sulfide) groups is 1. The Bertz CT molecular complexity index is 2050. The summed E-state index contributed by atoms with van der Waals surface area (Å²) in [5.74, 6) is 0.0976. The van der Waals surface area contributed by atoms with Gasteiger partial charge in [-0.05, 0) is 85.3 Å². The van der Waals surface area contributed by atoms with Crippen LogP contribution >= 0.6 is 23.5 Å². The van der Waals surface area contributed by atoms with E-state index < -0.39 is 17.1 Å². The van der Waals surface area contributed by atoms with Crippen LogP contribution in [0.2, 0.25) is 0 Å². The van der Waals surface area contributed by atoms with Crippen LogP contribution in [0.25, 0.3) is 6.08 Å². The van der Waals surface area contributed by atoms with E-state index in [-0.39, 0.29) is 11.6 Å². The van der Waals surface area contributed by atoms with Crippen LogP contribution in [0.3, 0.4) is 0 Å². The number of ether oxygens (including phenoxy) is 3. The Morgan fingerprint density at radius 3 is 1.96 bits per heavy atom. The molecule has 3 amide bonds. The van der Waals surface area contributed by atoms with Crippen molar-refractivity contribution in [2.24, 2.45) is 0 Å². The van der Waals surface area contributed by atoms with Crippen molar-refractivity contribution >= 4 is 64.4 Å². The van der Waals surface area contributed by atoms with Gasteiger partial charge in [-0.15, -0.1) is 11.8 Å². The van der Waals surface area contributed by atoms with E-state index in [1.807, 2.05) is 67.6 Å². The number of carbonyl (C=O) groups is 3. The topological polar surface area (TPSA) is 106 Å². The van der Waals surface area contributed by atoms with Gasteiger partial charge in [0.05, 0.1) is 38.0 Å². The van der Waals surface area contributed by atoms with Crippen molar-refractivity contribution in [1.82, 2.24) is 5.32 Å². The number of carbonyl (C=O) groups excluding carboxylic acids is 3. The molecule has 0 bridgehead atoms. The Morgan fingerprint density at radius 2 is 1.35 bits per heavy atom. The number of amides is 3. The molecule has 0 fully saturated rings. The smallest absolute Gasteiger partial charge is 0.272 e. The molecule has 51 heavy (non-hydrogen) atoms. The second-order valence-corrected chi connectivity index (χ2v) is 13.8. The molecule has 5 aromatic carbocycles. The first-order valence-electron chi connectivity index (χ1n) is 16.0. The predicted molar refractivity (Wildman–Crippen MR) is 203 cm³/mol. The van der Waals surface area contributed by atoms with Crippen molar-refractivity contribution in [3.63, 3.8) is 0 Å². The maximum Gasteiger partial charge on any atom is 0.272 e. The SMILES string of the molecule is COc1cc(/C=C(/NC(=O)c2ccccc2)C(=O)Nc2cccc(SC(C)C(=O)N3c4ccccc4Sc4ccccc43)c2)cc(OC)c1OC. The highest BCUT2D eigenvalue weighted by molar-refractivity contribution is 8.00. The molecule has 258 valence electrons. The highest BCUT2D eigenvalue weighted by Crippen LogP contribution is 2.48. The molecule has 2 N–H and O–H groups in total. The number of fused-ring (bicyclic) bond motifs is 2. The van der Waals surface area contributed by atoms with Crippen molar-refractivity contribution in [2.75, 3.05) is 31.5 Å². The molecule has 1 unspecified atom stereocenters. The first kappa shape index (κ1) is 35.2. The summed E-state index contributed by atoms with van der Waals surface area (Å²) in [6.07, 6.45) is 1.53. The van der Waals surface area contributed by atoms with Gasteiger partial charge in [0, 0.05) is 25.9 Å². The zero-order valence-corrected chi connectivity index (χ0v) is 30.0. The first-order chi connectivity index (χ1) is 24.8. The Hall–Kier alpha value is -5.65. The number of anilines is 3. The third-order valence-corrected chi connectivity index (χ3v) is 10.1. The van der Waals surface area contributed by atoms with Gasteiger partial charge in [0.1, 0.15) is 5.70 Å². The molecule has 0 aliphatic carbocycles. The van der Waals surface area contributed by atoms with Gasteiger partial charge in [0.25, 0.3) is 11.8 Å². The van der Waals surface area contributed by atoms with Crippen molar-refractivity contribution in [2.45, 2.75) is 26.9 Å². The molecule has 5 aromatic rings. The highest BCUT2D eigenvalue weighted by atomic mass is 32.2. The number of methoxy groups -OCH3 is 3. The summed E-state index contributed by atoms with van der Waals surface area (Å²) in [4.78, 5) is 45.7. The standard InChI is InChI=1S/C40H35N3O6S2/c1-25(40(46)43-31-17-8-10-19-35(31)51-36-20-11-9-18-32(36)43)50-29-16-12-15-28(24-29)41-39(45)30(42-38(44)27-13-6-5-7-14-27)21-26-22-33(47-2)37(49-4)34(23-26)48-3/h5-25H,1-4H3,(H,41,45)(H,42,44)/b30-21+. The minimum Gasteiger partial charge on any atom is -0.493 e. The van der Waals surface area contributed by atoms with Crippen LogP contribution < -0.4 is 29.7 Å². The molecule has 1 aliphatic rings. The molecule has 1 atom stereocenters. The summed E-state index contributed by atoms with van der Waals surface area (Å²) < 4.78 is 16.4. The van der Waals surface area contributed by atoms with Gasteiger partial charge in [-0.3, -0.25) is 19.3 Å². The molecule has 0 saturated heterocycles. The van der Waals surface area contributed by atoms with Crippen molar-refractivity contribution in [3.05, 3.63) is 132 Å². The van der Waals surface area contributed by atoms with Gasteiger partial charge < -0.3 is 24.8 Å². The van der Waals surface area contributed by atoms with Gasteiger partial charge >= 0.3 is 0 Å². The quantitative estimate of drug-likeness (QED) is 0.104. The van der Waals surface area contributed by atoms with Crippen LogP contribution in [-0.2, 0) is 9.59 Å². The van der Waals surface area contributed by atoms with Crippen molar-refractivity contribution < 1.29 is 28.6 Å². The summed E-state index contributed by atoms with van der Waals surface area (Å²) in [6, 6.07) is 35.0. The molecule has 1 aliphatic heterocycles. The van der Waals surface area contributed by atoms with Gasteiger partial charge in [-0.2, -0.15) is 0 Å². The summed E-state index contributed by atoms with van der Waals surface area (Å²) in [5, 5.41) is 5.21. The van der Waals surface area contributed by atoms with E-state index in [0.29, 0.717) is 34.1 Å². The summed E-state index contributed by atoms with van der Waals surface area (Å²) in [7, 11) is 4.50. The predicted octanol–water partition coefficient (Wildman–Crippen LogP) is 8.43. The van der Waals surface area contributed by atoms with E-state index >= 15 is 0 Å². The number of hydrogen-bond acceptors (Lipinski definition) is 8. The van der Waals surface area contributed by atoms with Crippen LogP contribution in [-0.4, -0.2) is 44.3 Å². The minimum absolute atomic E-state index is 0.0139. The lowest BCUT2D eigenvalue weighted by atomic mass is 10.1. The molecule has 0 saturated carbocycles. The average molecular weight is 718 g/mol. The molecule has 0 aromatic heterocycles. The molecule has 11 heteroatoms. The van der Waals surface area contributed by atoms with E-state index in [2.05, 4.69) is 10.6 Å². The Kier molecular flexibility index (Phi) is 11.0. The van der Waals surface area contributed by atoms with Crippen molar-refractivity contribution in [3.8, 4) is 17.2 Å². The fourth-order valence-corrected chi connectivity index (χ4v) is 7.54. The molecule has 1 heterocycles. The van der Waals surface area contributed by atoms with E-state index in [0.717, 1.165) is 26.1 Å². The fraction of sp³-hybridized carbons (Fsp3) is 0.125. The number of nitrogens with one attached hydrogen (secondary N) is 2. The normalized spacial score (nSPS) is 12.5. The molecule has 9 nitrogen and oxygen atoms in total. The Labute approximate surface area is 305 Å². The second kappa shape index (κ2) is 15.9. The zero-order chi connectivity index (χ0) is 35.9. The van der Waals surface area contributed by atoms with Crippen LogP contribution in [0, 0.1) is 0 Å². The van der Waals surface area contributed by atoms with E-state index in [1.165, 1.54) is 39.2 Å². The molecule has 0 spiro atoms. The average Bonchev–Trinajstić information content (AvgIpc) is 3.16. The maximum atomic E-state index is 14.1. The Morgan fingerprint density at radius 1 is 0.745 bits per heavy atom. The number of hydrogen-bond donors (Lipinski definition) is 2. The van der Waals surface area contributed by atoms with Gasteiger partial charge in [-0.1, -0.05) is 60.3 Å². The largest absolute Gasteiger partial charge is 0.493 e. The highest BCUT2D eigenvalue weighted by Gasteiger charge is 2.31. The molecular weight excluding hydrogens is 683 g/mol. The number of nitrogens with zero attached hydrogens (tertiary/aromatic N) is 1. The van der Waals surface area contributed by atoms with Crippen LogP contribution in [0.5, 0.6) is 17.2 Å². The van der Waals surface area contributed by atoms with Gasteiger partial charge in [-0.25, -0.2) is 0 Å². The number of benzene rings is 5. The monoisotopic (exact) mass is 717 g/mol. The summed E-state index contributed by atoms with van der Waals surface area (Å²) >= 11 is 3.04. The second-order valence-electron chi connectivity index (χ2n) is 11.3. The molecule has 6 rings (SSSR count).